The third-order valence-electron chi connectivity index (χ3n) is 5.28. The second-order valence-corrected chi connectivity index (χ2v) is 8.97. The Morgan fingerprint density at radius 3 is 2.43 bits per heavy atom. The van der Waals surface area contributed by atoms with Gasteiger partial charge in [-0.25, -0.2) is 5.01 Å². The molecule has 0 N–H and O–H groups in total. The van der Waals surface area contributed by atoms with Gasteiger partial charge in [0, 0.05) is 32.1 Å². The topological polar surface area (TPSA) is 41.9 Å². The van der Waals surface area contributed by atoms with Gasteiger partial charge in [0.1, 0.15) is 5.75 Å². The number of fused-ring (bicyclic) bond motifs is 3. The number of benzene rings is 3. The van der Waals surface area contributed by atoms with Crippen LogP contribution in [0.5, 0.6) is 5.75 Å². The van der Waals surface area contributed by atoms with Gasteiger partial charge >= 0.3 is 0 Å². The molecule has 0 fully saturated rings. The fourth-order valence-corrected chi connectivity index (χ4v) is 4.38. The Balaban J connectivity index is 1.57. The van der Waals surface area contributed by atoms with Crippen molar-refractivity contribution in [2.75, 3.05) is 0 Å². The highest BCUT2D eigenvalue weighted by Crippen LogP contribution is 2.44. The van der Waals surface area contributed by atoms with Crippen molar-refractivity contribution in [1.29, 1.82) is 0 Å². The van der Waals surface area contributed by atoms with Crippen molar-refractivity contribution in [3.05, 3.63) is 97.9 Å². The van der Waals surface area contributed by atoms with E-state index in [9.17, 15) is 4.79 Å². The predicted molar refractivity (Wildman–Crippen MR) is 122 cm³/mol. The van der Waals surface area contributed by atoms with Gasteiger partial charge in [-0.15, -0.1) is 0 Å². The largest absolute Gasteiger partial charge is 0.461 e. The summed E-state index contributed by atoms with van der Waals surface area (Å²) < 4.78 is 7.04. The lowest BCUT2D eigenvalue weighted by Crippen LogP contribution is -2.45. The summed E-state index contributed by atoms with van der Waals surface area (Å²) in [5.41, 5.74) is 3.33. The molecule has 0 spiro atoms. The summed E-state index contributed by atoms with van der Waals surface area (Å²) in [7, 11) is 0. The molecule has 0 bridgehead atoms. The molecule has 7 heteroatoms. The van der Waals surface area contributed by atoms with Crippen molar-refractivity contribution in [2.24, 2.45) is 5.10 Å². The number of carbonyl (C=O) groups excluding carboxylic acids is 1. The maximum Gasteiger partial charge on any atom is 0.251 e. The van der Waals surface area contributed by atoms with Crippen LogP contribution in [0.15, 0.2) is 76.3 Å². The smallest absolute Gasteiger partial charge is 0.251 e. The molecular formula is C23H15BrCl2N2O2. The third-order valence-corrected chi connectivity index (χ3v) is 6.30. The molecular weight excluding hydrogens is 487 g/mol. The first-order valence-electron chi connectivity index (χ1n) is 9.37. The van der Waals surface area contributed by atoms with Crippen molar-refractivity contribution < 1.29 is 9.53 Å². The molecule has 0 amide bonds. The zero-order chi connectivity index (χ0) is 20.8. The molecule has 3 aromatic carbocycles. The zero-order valence-electron chi connectivity index (χ0n) is 15.6. The van der Waals surface area contributed by atoms with E-state index in [1.165, 1.54) is 0 Å². The van der Waals surface area contributed by atoms with Crippen LogP contribution in [0.1, 0.15) is 33.9 Å². The van der Waals surface area contributed by atoms with Crippen LogP contribution in [0.3, 0.4) is 0 Å². The number of hydrazone groups is 1. The van der Waals surface area contributed by atoms with Gasteiger partial charge in [-0.2, -0.15) is 5.10 Å². The number of nitrogens with zero attached hydrogens (tertiary/aromatic N) is 2. The minimum Gasteiger partial charge on any atom is -0.461 e. The SMILES string of the molecule is O=C(c1ccc(Br)cc1)[C@@H]1Oc2ccc(Cl)cc2[C@@H]2CC(c3ccc(Cl)cc3)=NN12. The van der Waals surface area contributed by atoms with E-state index in [0.29, 0.717) is 27.8 Å². The number of Topliss-reactive ketones (excluding diaryl/α,β-unsaturated/α-hetero) is 1. The highest BCUT2D eigenvalue weighted by atomic mass is 79.9. The summed E-state index contributed by atoms with van der Waals surface area (Å²) in [5, 5.41) is 7.84. The number of ether oxygens (including phenoxy) is 1. The number of rotatable bonds is 3. The quantitative estimate of drug-likeness (QED) is 0.384. The minimum absolute atomic E-state index is 0.137. The summed E-state index contributed by atoms with van der Waals surface area (Å²) in [5.74, 6) is 0.512. The summed E-state index contributed by atoms with van der Waals surface area (Å²) >= 11 is 15.7. The van der Waals surface area contributed by atoms with Crippen LogP contribution in [-0.2, 0) is 0 Å². The normalized spacial score (nSPS) is 19.6. The number of halogens is 3. The van der Waals surface area contributed by atoms with Crippen molar-refractivity contribution >= 4 is 50.6 Å². The van der Waals surface area contributed by atoms with E-state index in [1.807, 2.05) is 48.5 Å². The van der Waals surface area contributed by atoms with Crippen molar-refractivity contribution in [3.63, 3.8) is 0 Å². The molecule has 2 atom stereocenters. The first kappa shape index (κ1) is 19.6. The van der Waals surface area contributed by atoms with Gasteiger partial charge in [-0.3, -0.25) is 4.79 Å². The highest BCUT2D eigenvalue weighted by molar-refractivity contribution is 9.10. The Labute approximate surface area is 192 Å². The van der Waals surface area contributed by atoms with Gasteiger partial charge in [0.25, 0.3) is 6.23 Å². The van der Waals surface area contributed by atoms with Gasteiger partial charge < -0.3 is 4.74 Å². The molecule has 3 aromatic rings. The summed E-state index contributed by atoms with van der Waals surface area (Å²) in [6.45, 7) is 0. The molecule has 150 valence electrons. The summed E-state index contributed by atoms with van der Waals surface area (Å²) in [6.07, 6.45) is -0.211. The van der Waals surface area contributed by atoms with E-state index in [2.05, 4.69) is 15.9 Å². The van der Waals surface area contributed by atoms with E-state index in [0.717, 1.165) is 21.3 Å². The summed E-state index contributed by atoms with van der Waals surface area (Å²) in [6, 6.07) is 20.1. The second-order valence-electron chi connectivity index (χ2n) is 7.18. The Hall–Kier alpha value is -2.34. The fraction of sp³-hybridized carbons (Fsp3) is 0.130. The highest BCUT2D eigenvalue weighted by Gasteiger charge is 2.43. The van der Waals surface area contributed by atoms with Crippen molar-refractivity contribution in [2.45, 2.75) is 18.7 Å². The number of hydrogen-bond donors (Lipinski definition) is 0. The fourth-order valence-electron chi connectivity index (χ4n) is 3.80. The van der Waals surface area contributed by atoms with Gasteiger partial charge in [0.2, 0.25) is 5.78 Å². The lowest BCUT2D eigenvalue weighted by molar-refractivity contribution is -0.00455. The number of hydrogen-bond acceptors (Lipinski definition) is 4. The Bertz CT molecular complexity index is 1160. The Morgan fingerprint density at radius 1 is 1.00 bits per heavy atom. The van der Waals surface area contributed by atoms with Crippen LogP contribution in [-0.4, -0.2) is 22.7 Å². The molecule has 0 saturated heterocycles. The van der Waals surface area contributed by atoms with Gasteiger partial charge in [-0.05, 0) is 48.0 Å². The van der Waals surface area contributed by atoms with E-state index in [-0.39, 0.29) is 11.8 Å². The third kappa shape index (κ3) is 3.51. The maximum absolute atomic E-state index is 13.3. The summed E-state index contributed by atoms with van der Waals surface area (Å²) in [4.78, 5) is 13.3. The monoisotopic (exact) mass is 500 g/mol. The van der Waals surface area contributed by atoms with Crippen LogP contribution in [0.2, 0.25) is 10.0 Å². The molecule has 0 aromatic heterocycles. The van der Waals surface area contributed by atoms with Gasteiger partial charge in [-0.1, -0.05) is 63.4 Å². The van der Waals surface area contributed by atoms with Crippen LogP contribution in [0, 0.1) is 0 Å². The molecule has 0 aliphatic carbocycles. The molecule has 0 radical (unpaired) electrons. The van der Waals surface area contributed by atoms with Crippen LogP contribution < -0.4 is 4.74 Å². The van der Waals surface area contributed by atoms with Gasteiger partial charge in [0.15, 0.2) is 0 Å². The maximum atomic E-state index is 13.3. The molecule has 30 heavy (non-hydrogen) atoms. The average Bonchev–Trinajstić information content (AvgIpc) is 3.19. The van der Waals surface area contributed by atoms with E-state index >= 15 is 0 Å². The molecule has 5 rings (SSSR count). The molecule has 0 unspecified atom stereocenters. The van der Waals surface area contributed by atoms with Crippen molar-refractivity contribution in [1.82, 2.24) is 5.01 Å². The average molecular weight is 502 g/mol. The Morgan fingerprint density at radius 2 is 1.70 bits per heavy atom. The zero-order valence-corrected chi connectivity index (χ0v) is 18.7. The van der Waals surface area contributed by atoms with Crippen LogP contribution in [0.25, 0.3) is 0 Å². The first-order chi connectivity index (χ1) is 14.5. The molecule has 0 saturated carbocycles. The molecule has 2 aliphatic heterocycles. The lowest BCUT2D eigenvalue weighted by Gasteiger charge is -2.37. The second kappa shape index (κ2) is 7.73. The number of ketones is 1. The lowest BCUT2D eigenvalue weighted by atomic mass is 9.96. The van der Waals surface area contributed by atoms with Crippen LogP contribution >= 0.6 is 39.1 Å². The predicted octanol–water partition coefficient (Wildman–Crippen LogP) is 6.51. The van der Waals surface area contributed by atoms with Crippen molar-refractivity contribution in [3.8, 4) is 5.75 Å². The van der Waals surface area contributed by atoms with Crippen LogP contribution in [0.4, 0.5) is 0 Å². The molecule has 4 nitrogen and oxygen atoms in total. The van der Waals surface area contributed by atoms with E-state index in [4.69, 9.17) is 33.0 Å². The van der Waals surface area contributed by atoms with E-state index < -0.39 is 6.23 Å². The van der Waals surface area contributed by atoms with E-state index in [1.54, 1.807) is 23.2 Å². The minimum atomic E-state index is -0.852. The van der Waals surface area contributed by atoms with Gasteiger partial charge in [0.05, 0.1) is 11.8 Å². The first-order valence-corrected chi connectivity index (χ1v) is 10.9. The standard InChI is InChI=1S/C23H15BrCl2N2O2/c24-15-5-1-14(2-6-15)22(29)23-28-20(18-11-17(26)9-10-21(18)30-23)12-19(27-28)13-3-7-16(25)8-4-13/h1-11,20,23H,12H2/t20-,23-/m0/s1. The molecule has 2 aliphatic rings. The molecule has 2 heterocycles. The number of carbonyl (C=O) groups is 1. The Kier molecular flexibility index (Phi) is 5.05.